The van der Waals surface area contributed by atoms with Crippen LogP contribution in [-0.2, 0) is 0 Å². The minimum atomic E-state index is -0.561. The lowest BCUT2D eigenvalue weighted by Crippen LogP contribution is -2.32. The summed E-state index contributed by atoms with van der Waals surface area (Å²) < 4.78 is 17.7. The first-order chi connectivity index (χ1) is 17.2. The molecule has 0 saturated carbocycles. The van der Waals surface area contributed by atoms with E-state index in [9.17, 15) is 9.59 Å². The molecule has 1 aromatic heterocycles. The number of hydrogen-bond acceptors (Lipinski definition) is 6. The topological polar surface area (TPSA) is 72.2 Å². The molecule has 1 amide bonds. The number of aryl methyl sites for hydroxylation is 1. The van der Waals surface area contributed by atoms with Gasteiger partial charge in [-0.3, -0.25) is 9.59 Å². The number of rotatable bonds is 10. The van der Waals surface area contributed by atoms with E-state index in [2.05, 4.69) is 18.7 Å². The molecule has 3 aromatic rings. The molecule has 4 rings (SSSR count). The highest BCUT2D eigenvalue weighted by Gasteiger charge is 2.42. The molecule has 2 heterocycles. The Morgan fingerprint density at radius 2 is 1.86 bits per heavy atom. The quantitative estimate of drug-likeness (QED) is 0.395. The first kappa shape index (κ1) is 25.8. The van der Waals surface area contributed by atoms with E-state index in [0.29, 0.717) is 47.1 Å². The Labute approximate surface area is 212 Å². The van der Waals surface area contributed by atoms with Gasteiger partial charge in [-0.2, -0.15) is 0 Å². The third-order valence-electron chi connectivity index (χ3n) is 6.58. The van der Waals surface area contributed by atoms with Crippen LogP contribution in [0.1, 0.15) is 60.0 Å². The number of nitrogens with zero attached hydrogens (tertiary/aromatic N) is 2. The normalized spacial score (nSPS) is 15.3. The Bertz CT molecular complexity index is 1310. The van der Waals surface area contributed by atoms with E-state index in [1.807, 2.05) is 51.4 Å². The second-order valence-electron chi connectivity index (χ2n) is 10.2. The van der Waals surface area contributed by atoms with Crippen LogP contribution in [0.25, 0.3) is 11.0 Å². The van der Waals surface area contributed by atoms with Gasteiger partial charge in [0.05, 0.1) is 30.7 Å². The molecular formula is C29H36N2O5. The standard InChI is InChI=1S/C29H36N2O5/c1-18(2)12-15-35-23-11-9-20(17-24(23)34-6)26-25-27(32)21-16-19(3)8-10-22(21)36-28(25)29(33)31(26)14-7-13-30(4)5/h8-11,16-18,26H,7,12-15H2,1-6H3. The minimum absolute atomic E-state index is 0.127. The SMILES string of the molecule is COc1cc(C2c3c(oc4ccc(C)cc4c3=O)C(=O)N2CCCN(C)C)ccc1OCCC(C)C. The molecule has 0 radical (unpaired) electrons. The number of methoxy groups -OCH3 is 1. The van der Waals surface area contributed by atoms with Gasteiger partial charge in [0.1, 0.15) is 5.58 Å². The van der Waals surface area contributed by atoms with Crippen LogP contribution >= 0.6 is 0 Å². The lowest BCUT2D eigenvalue weighted by Gasteiger charge is -2.26. The number of carbonyl (C=O) groups is 1. The number of benzene rings is 2. The molecule has 36 heavy (non-hydrogen) atoms. The van der Waals surface area contributed by atoms with Crippen molar-refractivity contribution in [2.45, 2.75) is 39.7 Å². The smallest absolute Gasteiger partial charge is 0.290 e. The Morgan fingerprint density at radius 1 is 1.08 bits per heavy atom. The number of amides is 1. The maximum Gasteiger partial charge on any atom is 0.290 e. The van der Waals surface area contributed by atoms with Crippen molar-refractivity contribution < 1.29 is 18.7 Å². The number of hydrogen-bond donors (Lipinski definition) is 0. The van der Waals surface area contributed by atoms with Crippen LogP contribution in [0.2, 0.25) is 0 Å². The Kier molecular flexibility index (Phi) is 7.69. The molecule has 0 saturated heterocycles. The fourth-order valence-corrected chi connectivity index (χ4v) is 4.65. The van der Waals surface area contributed by atoms with Crippen molar-refractivity contribution in [3.8, 4) is 11.5 Å². The Balaban J connectivity index is 1.80. The molecule has 0 aliphatic carbocycles. The van der Waals surface area contributed by atoms with Crippen molar-refractivity contribution >= 4 is 16.9 Å². The van der Waals surface area contributed by atoms with E-state index in [4.69, 9.17) is 13.9 Å². The van der Waals surface area contributed by atoms with Crippen LogP contribution in [0.3, 0.4) is 0 Å². The largest absolute Gasteiger partial charge is 0.493 e. The first-order valence-electron chi connectivity index (χ1n) is 12.5. The van der Waals surface area contributed by atoms with E-state index in [0.717, 1.165) is 30.5 Å². The van der Waals surface area contributed by atoms with Gasteiger partial charge in [-0.15, -0.1) is 0 Å². The van der Waals surface area contributed by atoms with Crippen molar-refractivity contribution in [2.24, 2.45) is 5.92 Å². The van der Waals surface area contributed by atoms with Crippen LogP contribution in [0.5, 0.6) is 11.5 Å². The van der Waals surface area contributed by atoms with E-state index in [1.165, 1.54) is 0 Å². The summed E-state index contributed by atoms with van der Waals surface area (Å²) in [6.45, 7) is 8.14. The third kappa shape index (κ3) is 5.12. The third-order valence-corrected chi connectivity index (χ3v) is 6.58. The molecule has 2 aromatic carbocycles. The van der Waals surface area contributed by atoms with Crippen LogP contribution in [0.4, 0.5) is 0 Å². The van der Waals surface area contributed by atoms with E-state index < -0.39 is 6.04 Å². The average Bonchev–Trinajstić information content (AvgIpc) is 3.11. The van der Waals surface area contributed by atoms with Gasteiger partial charge in [0.2, 0.25) is 5.76 Å². The predicted octanol–water partition coefficient (Wildman–Crippen LogP) is 5.03. The highest BCUT2D eigenvalue weighted by atomic mass is 16.5. The molecule has 1 atom stereocenters. The summed E-state index contributed by atoms with van der Waals surface area (Å²) in [6.07, 6.45) is 1.70. The summed E-state index contributed by atoms with van der Waals surface area (Å²) in [5, 5.41) is 0.488. The number of carbonyl (C=O) groups excluding carboxylic acids is 1. The molecule has 192 valence electrons. The maximum atomic E-state index is 13.8. The molecular weight excluding hydrogens is 456 g/mol. The van der Waals surface area contributed by atoms with E-state index in [-0.39, 0.29) is 17.1 Å². The van der Waals surface area contributed by atoms with Gasteiger partial charge >= 0.3 is 0 Å². The maximum absolute atomic E-state index is 13.8. The summed E-state index contributed by atoms with van der Waals surface area (Å²) in [5.41, 5.74) is 2.40. The fraction of sp³-hybridized carbons (Fsp3) is 0.448. The highest BCUT2D eigenvalue weighted by Crippen LogP contribution is 2.41. The van der Waals surface area contributed by atoms with Crippen LogP contribution in [-0.4, -0.2) is 56.6 Å². The summed E-state index contributed by atoms with van der Waals surface area (Å²) in [7, 11) is 5.60. The van der Waals surface area contributed by atoms with E-state index >= 15 is 0 Å². The number of fused-ring (bicyclic) bond motifs is 2. The first-order valence-corrected chi connectivity index (χ1v) is 12.5. The Hall–Kier alpha value is -3.32. The summed E-state index contributed by atoms with van der Waals surface area (Å²) in [6, 6.07) is 10.6. The monoisotopic (exact) mass is 492 g/mol. The van der Waals surface area contributed by atoms with Gasteiger partial charge < -0.3 is 23.7 Å². The molecule has 0 spiro atoms. The second-order valence-corrected chi connectivity index (χ2v) is 10.2. The van der Waals surface area contributed by atoms with Gasteiger partial charge in [-0.1, -0.05) is 31.5 Å². The van der Waals surface area contributed by atoms with Gasteiger partial charge in [-0.05, 0) is 76.2 Å². The van der Waals surface area contributed by atoms with Crippen LogP contribution in [0, 0.1) is 12.8 Å². The van der Waals surface area contributed by atoms with Crippen molar-refractivity contribution in [2.75, 3.05) is 40.9 Å². The van der Waals surface area contributed by atoms with E-state index in [1.54, 1.807) is 18.1 Å². The molecule has 7 heteroatoms. The molecule has 1 aliphatic heterocycles. The zero-order valence-electron chi connectivity index (χ0n) is 22.1. The fourth-order valence-electron chi connectivity index (χ4n) is 4.65. The lowest BCUT2D eigenvalue weighted by atomic mass is 9.97. The molecule has 1 aliphatic rings. The average molecular weight is 493 g/mol. The minimum Gasteiger partial charge on any atom is -0.493 e. The predicted molar refractivity (Wildman–Crippen MR) is 141 cm³/mol. The van der Waals surface area contributed by atoms with Gasteiger partial charge in [0.15, 0.2) is 16.9 Å². The second kappa shape index (κ2) is 10.7. The summed E-state index contributed by atoms with van der Waals surface area (Å²) >= 11 is 0. The summed E-state index contributed by atoms with van der Waals surface area (Å²) in [4.78, 5) is 31.1. The number of ether oxygens (including phenoxy) is 2. The summed E-state index contributed by atoms with van der Waals surface area (Å²) in [5.74, 6) is 1.62. The van der Waals surface area contributed by atoms with Crippen molar-refractivity contribution in [3.05, 3.63) is 69.1 Å². The van der Waals surface area contributed by atoms with Gasteiger partial charge in [0.25, 0.3) is 5.91 Å². The van der Waals surface area contributed by atoms with Gasteiger partial charge in [-0.25, -0.2) is 0 Å². The molecule has 0 N–H and O–H groups in total. The van der Waals surface area contributed by atoms with Gasteiger partial charge in [0, 0.05) is 6.54 Å². The lowest BCUT2D eigenvalue weighted by molar-refractivity contribution is 0.0722. The molecule has 0 bridgehead atoms. The van der Waals surface area contributed by atoms with Crippen LogP contribution < -0.4 is 14.9 Å². The van der Waals surface area contributed by atoms with Crippen molar-refractivity contribution in [1.29, 1.82) is 0 Å². The molecule has 7 nitrogen and oxygen atoms in total. The van der Waals surface area contributed by atoms with Crippen molar-refractivity contribution in [3.63, 3.8) is 0 Å². The molecule has 0 fully saturated rings. The van der Waals surface area contributed by atoms with Crippen LogP contribution in [0.15, 0.2) is 45.6 Å². The Morgan fingerprint density at radius 3 is 2.56 bits per heavy atom. The highest BCUT2D eigenvalue weighted by molar-refractivity contribution is 5.99. The zero-order valence-corrected chi connectivity index (χ0v) is 22.1. The zero-order chi connectivity index (χ0) is 26.0. The van der Waals surface area contributed by atoms with Crippen molar-refractivity contribution in [1.82, 2.24) is 9.80 Å². The molecule has 1 unspecified atom stereocenters.